The fraction of sp³-hybridized carbons (Fsp3) is 0.440. The van der Waals surface area contributed by atoms with Crippen LogP contribution in [0.4, 0.5) is 0 Å². The molecule has 1 N–H and O–H groups in total. The maximum Gasteiger partial charge on any atom is 0.255 e. The number of nitrogens with zero attached hydrogens (tertiary/aromatic N) is 1. The molecule has 2 atom stereocenters. The second-order valence-electron chi connectivity index (χ2n) is 8.48. The molecule has 1 fully saturated rings. The van der Waals surface area contributed by atoms with Crippen LogP contribution in [0.3, 0.4) is 0 Å². The van der Waals surface area contributed by atoms with Crippen molar-refractivity contribution in [3.05, 3.63) is 58.6 Å². The highest BCUT2D eigenvalue weighted by Crippen LogP contribution is 2.40. The van der Waals surface area contributed by atoms with E-state index in [0.29, 0.717) is 47.6 Å². The van der Waals surface area contributed by atoms with Crippen molar-refractivity contribution in [1.82, 2.24) is 10.2 Å². The molecule has 0 bridgehead atoms. The summed E-state index contributed by atoms with van der Waals surface area (Å²) in [4.78, 5) is 28.1. The lowest BCUT2D eigenvalue weighted by molar-refractivity contribution is -0.124. The van der Waals surface area contributed by atoms with Crippen molar-refractivity contribution >= 4 is 23.4 Å². The van der Waals surface area contributed by atoms with Gasteiger partial charge in [-0.1, -0.05) is 43.6 Å². The van der Waals surface area contributed by atoms with E-state index >= 15 is 0 Å². The summed E-state index contributed by atoms with van der Waals surface area (Å²) in [6.45, 7) is 5.57. The van der Waals surface area contributed by atoms with Crippen LogP contribution < -0.4 is 14.8 Å². The maximum atomic E-state index is 13.2. The summed E-state index contributed by atoms with van der Waals surface area (Å²) < 4.78 is 10.9. The fourth-order valence-corrected chi connectivity index (χ4v) is 4.31. The fourth-order valence-electron chi connectivity index (χ4n) is 4.10. The number of methoxy groups -OCH3 is 2. The smallest absolute Gasteiger partial charge is 0.255 e. The Hall–Kier alpha value is -2.73. The van der Waals surface area contributed by atoms with Gasteiger partial charge in [-0.15, -0.1) is 0 Å². The highest BCUT2D eigenvalue weighted by molar-refractivity contribution is 6.33. The van der Waals surface area contributed by atoms with Crippen molar-refractivity contribution in [2.75, 3.05) is 33.9 Å². The van der Waals surface area contributed by atoms with Gasteiger partial charge in [-0.05, 0) is 30.5 Å². The Bertz CT molecular complexity index is 963. The van der Waals surface area contributed by atoms with Crippen LogP contribution in [0.15, 0.2) is 42.5 Å². The number of likely N-dealkylation sites (tertiary alicyclic amines) is 1. The lowest BCUT2D eigenvalue weighted by Gasteiger charge is -2.21. The van der Waals surface area contributed by atoms with Gasteiger partial charge in [0.1, 0.15) is 11.5 Å². The van der Waals surface area contributed by atoms with Crippen LogP contribution in [0.25, 0.3) is 0 Å². The Morgan fingerprint density at radius 3 is 2.53 bits per heavy atom. The standard InChI is InChI=1S/C25H31ClN2O4/c1-16(2)11-12-27-24(29)21-15-28(25(30)19-7-5-6-8-22(19)26)14-20(21)18-10-9-17(31-3)13-23(18)32-4/h5-10,13,16,20-21H,11-12,14-15H2,1-4H3,(H,27,29). The first-order valence-corrected chi connectivity index (χ1v) is 11.3. The Kier molecular flexibility index (Phi) is 8.02. The van der Waals surface area contributed by atoms with Gasteiger partial charge in [-0.25, -0.2) is 0 Å². The minimum atomic E-state index is -0.393. The monoisotopic (exact) mass is 458 g/mol. The van der Waals surface area contributed by atoms with Crippen LogP contribution in [0, 0.1) is 11.8 Å². The molecule has 0 aliphatic carbocycles. The van der Waals surface area contributed by atoms with E-state index in [1.54, 1.807) is 43.4 Å². The van der Waals surface area contributed by atoms with Crippen molar-refractivity contribution in [2.45, 2.75) is 26.2 Å². The molecule has 7 heteroatoms. The molecule has 3 rings (SSSR count). The molecule has 32 heavy (non-hydrogen) atoms. The van der Waals surface area contributed by atoms with E-state index in [1.165, 1.54) is 0 Å². The highest BCUT2D eigenvalue weighted by atomic mass is 35.5. The van der Waals surface area contributed by atoms with Crippen LogP contribution in [0.1, 0.15) is 42.1 Å². The molecule has 6 nitrogen and oxygen atoms in total. The number of ether oxygens (including phenoxy) is 2. The molecular weight excluding hydrogens is 428 g/mol. The van der Waals surface area contributed by atoms with Gasteiger partial charge in [-0.2, -0.15) is 0 Å². The van der Waals surface area contributed by atoms with E-state index in [0.717, 1.165) is 12.0 Å². The summed E-state index contributed by atoms with van der Waals surface area (Å²) >= 11 is 6.27. The number of halogens is 1. The second-order valence-corrected chi connectivity index (χ2v) is 8.89. The first-order valence-electron chi connectivity index (χ1n) is 10.9. The summed E-state index contributed by atoms with van der Waals surface area (Å²) in [5, 5.41) is 3.46. The number of benzene rings is 2. The number of hydrogen-bond donors (Lipinski definition) is 1. The maximum absolute atomic E-state index is 13.2. The summed E-state index contributed by atoms with van der Waals surface area (Å²) in [6.07, 6.45) is 0.900. The van der Waals surface area contributed by atoms with E-state index in [4.69, 9.17) is 21.1 Å². The molecular formula is C25H31ClN2O4. The van der Waals surface area contributed by atoms with Crippen molar-refractivity contribution in [3.8, 4) is 11.5 Å². The normalized spacial score (nSPS) is 18.0. The highest BCUT2D eigenvalue weighted by Gasteiger charge is 2.42. The van der Waals surface area contributed by atoms with Crippen LogP contribution in [-0.4, -0.2) is 50.6 Å². The molecule has 1 saturated heterocycles. The van der Waals surface area contributed by atoms with Gasteiger partial charge in [0, 0.05) is 37.2 Å². The third-order valence-corrected chi connectivity index (χ3v) is 6.24. The van der Waals surface area contributed by atoms with Gasteiger partial charge in [0.15, 0.2) is 0 Å². The molecule has 2 amide bonds. The number of carbonyl (C=O) groups is 2. The third-order valence-electron chi connectivity index (χ3n) is 5.91. The first kappa shape index (κ1) is 23.9. The molecule has 0 radical (unpaired) electrons. The van der Waals surface area contributed by atoms with Crippen LogP contribution in [0.5, 0.6) is 11.5 Å². The zero-order chi connectivity index (χ0) is 23.3. The van der Waals surface area contributed by atoms with Gasteiger partial charge in [0.25, 0.3) is 5.91 Å². The Morgan fingerprint density at radius 2 is 1.88 bits per heavy atom. The molecule has 172 valence electrons. The lowest BCUT2D eigenvalue weighted by atomic mass is 9.87. The van der Waals surface area contributed by atoms with E-state index < -0.39 is 5.92 Å². The first-order chi connectivity index (χ1) is 15.3. The van der Waals surface area contributed by atoms with Crippen LogP contribution in [-0.2, 0) is 4.79 Å². The molecule has 2 aromatic carbocycles. The minimum absolute atomic E-state index is 0.0528. The SMILES string of the molecule is COc1ccc(C2CN(C(=O)c3ccccc3Cl)CC2C(=O)NCCC(C)C)c(OC)c1. The van der Waals surface area contributed by atoms with E-state index in [-0.39, 0.29) is 17.7 Å². The zero-order valence-electron chi connectivity index (χ0n) is 19.1. The summed E-state index contributed by atoms with van der Waals surface area (Å²) in [5.74, 6) is 0.979. The Balaban J connectivity index is 1.90. The van der Waals surface area contributed by atoms with Gasteiger partial charge in [0.05, 0.1) is 30.7 Å². The number of rotatable bonds is 8. The minimum Gasteiger partial charge on any atom is -0.497 e. The average Bonchev–Trinajstić information content (AvgIpc) is 3.23. The number of carbonyl (C=O) groups excluding carboxylic acids is 2. The predicted molar refractivity (Wildman–Crippen MR) is 126 cm³/mol. The van der Waals surface area contributed by atoms with Crippen molar-refractivity contribution in [2.24, 2.45) is 11.8 Å². The topological polar surface area (TPSA) is 67.9 Å². The molecule has 1 heterocycles. The van der Waals surface area contributed by atoms with Gasteiger partial charge >= 0.3 is 0 Å². The molecule has 2 unspecified atom stereocenters. The van der Waals surface area contributed by atoms with Crippen LogP contribution in [0.2, 0.25) is 5.02 Å². The van der Waals surface area contributed by atoms with E-state index in [2.05, 4.69) is 19.2 Å². The molecule has 0 aromatic heterocycles. The second kappa shape index (κ2) is 10.7. The van der Waals surface area contributed by atoms with Crippen LogP contribution >= 0.6 is 11.6 Å². The molecule has 0 saturated carbocycles. The van der Waals surface area contributed by atoms with Gasteiger partial charge in [-0.3, -0.25) is 9.59 Å². The quantitative estimate of drug-likeness (QED) is 0.637. The van der Waals surface area contributed by atoms with Crippen molar-refractivity contribution in [1.29, 1.82) is 0 Å². The number of nitrogens with one attached hydrogen (secondary N) is 1. The predicted octanol–water partition coefficient (Wildman–Crippen LogP) is 4.38. The molecule has 0 spiro atoms. The van der Waals surface area contributed by atoms with Crippen molar-refractivity contribution < 1.29 is 19.1 Å². The Labute approximate surface area is 194 Å². The average molecular weight is 459 g/mol. The summed E-state index contributed by atoms with van der Waals surface area (Å²) in [7, 11) is 3.19. The van der Waals surface area contributed by atoms with Gasteiger partial charge < -0.3 is 19.7 Å². The number of hydrogen-bond acceptors (Lipinski definition) is 4. The lowest BCUT2D eigenvalue weighted by Crippen LogP contribution is -2.36. The third kappa shape index (κ3) is 5.36. The van der Waals surface area contributed by atoms with Gasteiger partial charge in [0.2, 0.25) is 5.91 Å². The number of amides is 2. The Morgan fingerprint density at radius 1 is 1.12 bits per heavy atom. The molecule has 1 aliphatic heterocycles. The van der Waals surface area contributed by atoms with E-state index in [1.807, 2.05) is 18.2 Å². The molecule has 2 aromatic rings. The van der Waals surface area contributed by atoms with E-state index in [9.17, 15) is 9.59 Å². The van der Waals surface area contributed by atoms with Crippen molar-refractivity contribution in [3.63, 3.8) is 0 Å². The summed E-state index contributed by atoms with van der Waals surface area (Å²) in [5.41, 5.74) is 1.32. The molecule has 1 aliphatic rings. The zero-order valence-corrected chi connectivity index (χ0v) is 19.8. The summed E-state index contributed by atoms with van der Waals surface area (Å²) in [6, 6.07) is 12.6. The largest absolute Gasteiger partial charge is 0.497 e.